The van der Waals surface area contributed by atoms with E-state index in [0.29, 0.717) is 0 Å². The Hall–Kier alpha value is -2.18. The lowest BCUT2D eigenvalue weighted by Crippen LogP contribution is -2.11. The molecule has 20 heavy (non-hydrogen) atoms. The van der Waals surface area contributed by atoms with Crippen molar-refractivity contribution in [3.05, 3.63) is 46.0 Å². The van der Waals surface area contributed by atoms with Crippen molar-refractivity contribution < 1.29 is 9.90 Å². The molecule has 1 amide bonds. The Balaban J connectivity index is 2.02. The van der Waals surface area contributed by atoms with Crippen LogP contribution in [0.1, 0.15) is 10.4 Å². The van der Waals surface area contributed by atoms with E-state index in [1.54, 1.807) is 23.5 Å². The highest BCUT2D eigenvalue weighted by Crippen LogP contribution is 2.31. The van der Waals surface area contributed by atoms with Crippen LogP contribution in [0.15, 0.2) is 40.4 Å². The summed E-state index contributed by atoms with van der Waals surface area (Å²) in [5.74, 6) is -0.771. The molecule has 0 spiro atoms. The molecule has 100 valence electrons. The predicted octanol–water partition coefficient (Wildman–Crippen LogP) is 3.34. The highest BCUT2D eigenvalue weighted by atomic mass is 32.1. The summed E-state index contributed by atoms with van der Waals surface area (Å²) in [5.41, 5.74) is 7.94. The summed E-state index contributed by atoms with van der Waals surface area (Å²) in [4.78, 5) is 15.8. The lowest BCUT2D eigenvalue weighted by Gasteiger charge is -2.02. The third-order valence-corrected chi connectivity index (χ3v) is 4.40. The first-order chi connectivity index (χ1) is 9.65. The number of benzene rings is 1. The molecule has 3 N–H and O–H groups in total. The molecule has 0 saturated carbocycles. The number of rotatable bonds is 3. The normalized spacial score (nSPS) is 10.6. The summed E-state index contributed by atoms with van der Waals surface area (Å²) in [7, 11) is 0. The molecule has 3 aromatic rings. The van der Waals surface area contributed by atoms with Crippen molar-refractivity contribution in [1.82, 2.24) is 4.98 Å². The Morgan fingerprint density at radius 2 is 2.05 bits per heavy atom. The Morgan fingerprint density at radius 3 is 2.75 bits per heavy atom. The second-order valence-electron chi connectivity index (χ2n) is 4.15. The van der Waals surface area contributed by atoms with Crippen LogP contribution in [0.5, 0.6) is 5.75 Å². The molecule has 2 aromatic heterocycles. The van der Waals surface area contributed by atoms with Crippen molar-refractivity contribution in [1.29, 1.82) is 0 Å². The summed E-state index contributed by atoms with van der Waals surface area (Å²) >= 11 is 3.16. The molecule has 3 rings (SSSR count). The van der Waals surface area contributed by atoms with Crippen LogP contribution in [0.25, 0.3) is 21.8 Å². The number of amides is 1. The highest BCUT2D eigenvalue weighted by Gasteiger charge is 2.12. The third kappa shape index (κ3) is 2.31. The number of thiophene rings is 1. The first-order valence-corrected chi connectivity index (χ1v) is 7.58. The van der Waals surface area contributed by atoms with Crippen molar-refractivity contribution in [2.75, 3.05) is 0 Å². The Labute approximate surface area is 123 Å². The number of nitrogens with zero attached hydrogens (tertiary/aromatic N) is 1. The van der Waals surface area contributed by atoms with Gasteiger partial charge in [-0.25, -0.2) is 4.98 Å². The molecule has 0 atom stereocenters. The molecule has 0 aliphatic heterocycles. The van der Waals surface area contributed by atoms with Gasteiger partial charge < -0.3 is 10.8 Å². The molecule has 0 fully saturated rings. The Bertz CT molecular complexity index is 763. The van der Waals surface area contributed by atoms with E-state index in [2.05, 4.69) is 4.98 Å². The number of nitrogens with two attached hydrogens (primary N) is 1. The number of aromatic nitrogens is 1. The number of hydrogen-bond donors (Lipinski definition) is 2. The van der Waals surface area contributed by atoms with Crippen LogP contribution in [-0.2, 0) is 0 Å². The molecule has 4 nitrogen and oxygen atoms in total. The molecular weight excluding hydrogens is 292 g/mol. The van der Waals surface area contributed by atoms with Gasteiger partial charge in [-0.15, -0.1) is 11.3 Å². The summed E-state index contributed by atoms with van der Waals surface area (Å²) < 4.78 is 0. The average molecular weight is 302 g/mol. The minimum atomic E-state index is -0.655. The van der Waals surface area contributed by atoms with E-state index < -0.39 is 5.91 Å². The molecule has 0 aliphatic rings. The van der Waals surface area contributed by atoms with Crippen LogP contribution in [-0.4, -0.2) is 16.0 Å². The second kappa shape index (κ2) is 5.07. The lowest BCUT2D eigenvalue weighted by molar-refractivity contribution is 0.0998. The topological polar surface area (TPSA) is 76.2 Å². The second-order valence-corrected chi connectivity index (χ2v) is 5.78. The van der Waals surface area contributed by atoms with Gasteiger partial charge in [0.1, 0.15) is 10.8 Å². The first-order valence-electron chi connectivity index (χ1n) is 5.76. The number of phenols is 1. The van der Waals surface area contributed by atoms with E-state index in [4.69, 9.17) is 5.73 Å². The fraction of sp³-hybridized carbons (Fsp3) is 0. The van der Waals surface area contributed by atoms with Gasteiger partial charge >= 0.3 is 0 Å². The van der Waals surface area contributed by atoms with E-state index in [1.165, 1.54) is 17.4 Å². The SMILES string of the molecule is NC(=O)c1cc(-c2csc(-c3ccsc3)n2)ccc1O. The van der Waals surface area contributed by atoms with Gasteiger partial charge in [0.2, 0.25) is 0 Å². The van der Waals surface area contributed by atoms with E-state index >= 15 is 0 Å². The van der Waals surface area contributed by atoms with Gasteiger partial charge in [-0.1, -0.05) is 0 Å². The van der Waals surface area contributed by atoms with Crippen LogP contribution in [0.3, 0.4) is 0 Å². The van der Waals surface area contributed by atoms with Crippen LogP contribution in [0.2, 0.25) is 0 Å². The molecule has 0 radical (unpaired) electrons. The van der Waals surface area contributed by atoms with Crippen LogP contribution < -0.4 is 5.73 Å². The van der Waals surface area contributed by atoms with Crippen LogP contribution in [0.4, 0.5) is 0 Å². The van der Waals surface area contributed by atoms with Gasteiger partial charge in [-0.2, -0.15) is 11.3 Å². The van der Waals surface area contributed by atoms with Crippen molar-refractivity contribution in [2.45, 2.75) is 0 Å². The maximum atomic E-state index is 11.2. The van der Waals surface area contributed by atoms with Crippen molar-refractivity contribution in [3.8, 4) is 27.6 Å². The predicted molar refractivity (Wildman–Crippen MR) is 81.0 cm³/mol. The van der Waals surface area contributed by atoms with E-state index in [1.807, 2.05) is 22.2 Å². The van der Waals surface area contributed by atoms with Crippen LogP contribution >= 0.6 is 22.7 Å². The monoisotopic (exact) mass is 302 g/mol. The van der Waals surface area contributed by atoms with E-state index in [9.17, 15) is 9.90 Å². The maximum Gasteiger partial charge on any atom is 0.252 e. The van der Waals surface area contributed by atoms with Gasteiger partial charge in [0.25, 0.3) is 5.91 Å². The molecule has 0 saturated heterocycles. The van der Waals surface area contributed by atoms with Crippen molar-refractivity contribution >= 4 is 28.6 Å². The van der Waals surface area contributed by atoms with E-state index in [-0.39, 0.29) is 11.3 Å². The summed E-state index contributed by atoms with van der Waals surface area (Å²) in [6.07, 6.45) is 0. The molecule has 0 unspecified atom stereocenters. The highest BCUT2D eigenvalue weighted by molar-refractivity contribution is 7.14. The van der Waals surface area contributed by atoms with E-state index in [0.717, 1.165) is 21.8 Å². The van der Waals surface area contributed by atoms with Gasteiger partial charge in [0.05, 0.1) is 11.3 Å². The largest absolute Gasteiger partial charge is 0.507 e. The molecular formula is C14H10N2O2S2. The Kier molecular flexibility index (Phi) is 3.25. The molecule has 0 bridgehead atoms. The van der Waals surface area contributed by atoms with Crippen molar-refractivity contribution in [3.63, 3.8) is 0 Å². The first kappa shape index (κ1) is 12.8. The number of aromatic hydroxyl groups is 1. The quantitative estimate of drug-likeness (QED) is 0.779. The number of hydrogen-bond acceptors (Lipinski definition) is 5. The van der Waals surface area contributed by atoms with Gasteiger partial charge in [0.15, 0.2) is 0 Å². The number of carbonyl (C=O) groups is 1. The summed E-state index contributed by atoms with van der Waals surface area (Å²) in [6, 6.07) is 6.75. The average Bonchev–Trinajstić information content (AvgIpc) is 3.09. The molecule has 0 aliphatic carbocycles. The van der Waals surface area contributed by atoms with Gasteiger partial charge in [-0.3, -0.25) is 4.79 Å². The third-order valence-electron chi connectivity index (χ3n) is 2.83. The van der Waals surface area contributed by atoms with Gasteiger partial charge in [0, 0.05) is 21.9 Å². The number of carbonyl (C=O) groups excluding carboxylic acids is 1. The smallest absolute Gasteiger partial charge is 0.252 e. The maximum absolute atomic E-state index is 11.2. The number of primary amides is 1. The molecule has 6 heteroatoms. The standard InChI is InChI=1S/C14H10N2O2S2/c15-13(18)10-5-8(1-2-12(10)17)11-7-20-14(16-11)9-3-4-19-6-9/h1-7,17H,(H2,15,18). The van der Waals surface area contributed by atoms with Crippen LogP contribution in [0, 0.1) is 0 Å². The zero-order valence-electron chi connectivity index (χ0n) is 10.2. The Morgan fingerprint density at radius 1 is 1.20 bits per heavy atom. The molecule has 2 heterocycles. The lowest BCUT2D eigenvalue weighted by atomic mass is 10.1. The fourth-order valence-electron chi connectivity index (χ4n) is 1.82. The van der Waals surface area contributed by atoms with Crippen molar-refractivity contribution in [2.24, 2.45) is 5.73 Å². The summed E-state index contributed by atoms with van der Waals surface area (Å²) in [6.45, 7) is 0. The number of thiazole rings is 1. The fourth-order valence-corrected chi connectivity index (χ4v) is 3.36. The summed E-state index contributed by atoms with van der Waals surface area (Å²) in [5, 5.41) is 16.5. The zero-order chi connectivity index (χ0) is 14.1. The zero-order valence-corrected chi connectivity index (χ0v) is 11.9. The molecule has 1 aromatic carbocycles. The minimum absolute atomic E-state index is 0.104. The van der Waals surface area contributed by atoms with Gasteiger partial charge in [-0.05, 0) is 29.6 Å². The minimum Gasteiger partial charge on any atom is -0.507 e.